The number of nitrogens with one attached hydrogen (secondary N) is 1. The van der Waals surface area contributed by atoms with Gasteiger partial charge in [0.25, 0.3) is 5.91 Å². The molecule has 214 valence electrons. The fourth-order valence-electron chi connectivity index (χ4n) is 4.66. The normalized spacial score (nSPS) is 11.7. The van der Waals surface area contributed by atoms with Crippen molar-refractivity contribution in [3.8, 4) is 28.3 Å². The lowest BCUT2D eigenvalue weighted by Crippen LogP contribution is -2.37. The molecule has 0 aliphatic carbocycles. The van der Waals surface area contributed by atoms with E-state index in [1.807, 2.05) is 73.9 Å². The van der Waals surface area contributed by atoms with Gasteiger partial charge in [0.1, 0.15) is 12.0 Å². The van der Waals surface area contributed by atoms with Crippen molar-refractivity contribution in [3.63, 3.8) is 0 Å². The Labute approximate surface area is 247 Å². The Bertz CT molecular complexity index is 1400. The molecule has 0 aliphatic heterocycles. The second-order valence-corrected chi connectivity index (χ2v) is 11.4. The van der Waals surface area contributed by atoms with Crippen LogP contribution >= 0.6 is 11.3 Å². The molecule has 0 bridgehead atoms. The number of benzene rings is 2. The van der Waals surface area contributed by atoms with Crippen molar-refractivity contribution >= 4 is 23.5 Å². The van der Waals surface area contributed by atoms with Gasteiger partial charge >= 0.3 is 0 Å². The highest BCUT2D eigenvalue weighted by atomic mass is 32.1. The van der Waals surface area contributed by atoms with E-state index in [9.17, 15) is 9.59 Å². The summed E-state index contributed by atoms with van der Waals surface area (Å²) in [7, 11) is 0. The van der Waals surface area contributed by atoms with Gasteiger partial charge in [-0.05, 0) is 61.1 Å². The quantitative estimate of drug-likeness (QED) is 0.118. The summed E-state index contributed by atoms with van der Waals surface area (Å²) in [5.41, 5.74) is 4.92. The van der Waals surface area contributed by atoms with Gasteiger partial charge in [0, 0.05) is 28.4 Å². The molecule has 41 heavy (non-hydrogen) atoms. The molecule has 0 spiro atoms. The first kappa shape index (κ1) is 30.1. The van der Waals surface area contributed by atoms with E-state index in [1.54, 1.807) is 0 Å². The van der Waals surface area contributed by atoms with Gasteiger partial charge in [0.2, 0.25) is 0 Å². The van der Waals surface area contributed by atoms with Gasteiger partial charge in [0.15, 0.2) is 5.82 Å². The van der Waals surface area contributed by atoms with Gasteiger partial charge in [-0.15, -0.1) is 11.3 Å². The van der Waals surface area contributed by atoms with Crippen molar-refractivity contribution in [3.05, 3.63) is 87.9 Å². The number of aryl methyl sites for hydroxylation is 2. The number of aldehydes is 1. The number of amides is 1. The molecule has 1 amide bonds. The molecule has 1 unspecified atom stereocenters. The molecule has 0 saturated carbocycles. The summed E-state index contributed by atoms with van der Waals surface area (Å²) in [4.78, 5) is 35.4. The van der Waals surface area contributed by atoms with Crippen LogP contribution in [-0.2, 0) is 17.6 Å². The Morgan fingerprint density at radius 1 is 0.927 bits per heavy atom. The van der Waals surface area contributed by atoms with Crippen molar-refractivity contribution in [1.29, 1.82) is 0 Å². The molecule has 2 aromatic carbocycles. The fraction of sp³-hybridized carbons (Fsp3) is 0.353. The number of carbonyl (C=O) groups is 2. The average Bonchev–Trinajstić information content (AvgIpc) is 3.40. The first-order chi connectivity index (χ1) is 20.0. The van der Waals surface area contributed by atoms with Crippen LogP contribution in [0.4, 0.5) is 0 Å². The average molecular weight is 570 g/mol. The van der Waals surface area contributed by atoms with E-state index < -0.39 is 6.04 Å². The molecule has 0 aliphatic rings. The minimum atomic E-state index is -0.598. The summed E-state index contributed by atoms with van der Waals surface area (Å²) in [6.45, 7) is 7.05. The fourth-order valence-corrected chi connectivity index (χ4v) is 5.68. The van der Waals surface area contributed by atoms with Crippen molar-refractivity contribution in [2.45, 2.75) is 71.8 Å². The molecule has 1 atom stereocenters. The Morgan fingerprint density at radius 2 is 1.61 bits per heavy atom. The number of rotatable bonds is 15. The second kappa shape index (κ2) is 15.2. The number of hydrogen-bond acceptors (Lipinski definition) is 6. The number of unbranched alkanes of at least 4 members (excludes halogenated alkanes) is 4. The molecule has 2 heterocycles. The van der Waals surface area contributed by atoms with Gasteiger partial charge in [-0.25, -0.2) is 9.97 Å². The number of thiophene rings is 1. The number of aromatic nitrogens is 2. The van der Waals surface area contributed by atoms with Crippen LogP contribution in [0.1, 0.15) is 71.6 Å². The van der Waals surface area contributed by atoms with Crippen LogP contribution in [0.2, 0.25) is 0 Å². The van der Waals surface area contributed by atoms with E-state index in [-0.39, 0.29) is 5.91 Å². The first-order valence-electron chi connectivity index (χ1n) is 14.5. The van der Waals surface area contributed by atoms with Crippen LogP contribution in [-0.4, -0.2) is 34.8 Å². The summed E-state index contributed by atoms with van der Waals surface area (Å²) in [5, 5.41) is 2.86. The van der Waals surface area contributed by atoms with Gasteiger partial charge in [-0.1, -0.05) is 75.9 Å². The van der Waals surface area contributed by atoms with E-state index in [0.717, 1.165) is 59.3 Å². The van der Waals surface area contributed by atoms with Gasteiger partial charge in [-0.3, -0.25) is 4.79 Å². The van der Waals surface area contributed by atoms with E-state index in [2.05, 4.69) is 29.1 Å². The predicted octanol–water partition coefficient (Wildman–Crippen LogP) is 7.63. The van der Waals surface area contributed by atoms with Crippen LogP contribution in [0.3, 0.4) is 0 Å². The van der Waals surface area contributed by atoms with Crippen LogP contribution in [0, 0.1) is 6.92 Å². The van der Waals surface area contributed by atoms with Crippen LogP contribution in [0.5, 0.6) is 5.75 Å². The zero-order valence-electron chi connectivity index (χ0n) is 24.2. The Kier molecular flexibility index (Phi) is 11.2. The molecular formula is C34H39N3O3S. The zero-order valence-corrected chi connectivity index (χ0v) is 25.0. The number of ether oxygens (including phenoxy) is 1. The maximum atomic E-state index is 12.7. The third-order valence-electron chi connectivity index (χ3n) is 7.07. The summed E-state index contributed by atoms with van der Waals surface area (Å²) in [6, 6.07) is 17.1. The molecule has 0 radical (unpaired) electrons. The highest BCUT2D eigenvalue weighted by Gasteiger charge is 2.17. The van der Waals surface area contributed by atoms with Crippen LogP contribution in [0.15, 0.2) is 67.0 Å². The summed E-state index contributed by atoms with van der Waals surface area (Å²) in [5.74, 6) is 1.30. The van der Waals surface area contributed by atoms with Crippen molar-refractivity contribution in [1.82, 2.24) is 15.3 Å². The van der Waals surface area contributed by atoms with E-state index >= 15 is 0 Å². The van der Waals surface area contributed by atoms with Crippen molar-refractivity contribution in [2.75, 3.05) is 6.61 Å². The Balaban J connectivity index is 1.30. The smallest absolute Gasteiger partial charge is 0.261 e. The molecule has 0 fully saturated rings. The minimum Gasteiger partial charge on any atom is -0.494 e. The summed E-state index contributed by atoms with van der Waals surface area (Å²) < 4.78 is 5.87. The SMILES string of the molecule is CCCCCCCOc1ccc(-c2cnc(-c3ccc(CC(C=O)NC(=O)c4cc(C)c(CC)s4)cc3)nc2)cc1. The lowest BCUT2D eigenvalue weighted by molar-refractivity contribution is -0.109. The monoisotopic (exact) mass is 569 g/mol. The zero-order chi connectivity index (χ0) is 29.0. The third kappa shape index (κ3) is 8.57. The predicted molar refractivity (Wildman–Crippen MR) is 167 cm³/mol. The van der Waals surface area contributed by atoms with Gasteiger partial charge < -0.3 is 14.8 Å². The maximum Gasteiger partial charge on any atom is 0.261 e. The lowest BCUT2D eigenvalue weighted by Gasteiger charge is -2.12. The number of carbonyl (C=O) groups excluding carboxylic acids is 2. The molecule has 0 saturated heterocycles. The van der Waals surface area contributed by atoms with Crippen LogP contribution in [0.25, 0.3) is 22.5 Å². The first-order valence-corrected chi connectivity index (χ1v) is 15.3. The summed E-state index contributed by atoms with van der Waals surface area (Å²) in [6.07, 6.45) is 11.9. The molecular weight excluding hydrogens is 530 g/mol. The molecule has 7 heteroatoms. The number of nitrogens with zero attached hydrogens (tertiary/aromatic N) is 2. The maximum absolute atomic E-state index is 12.7. The van der Waals surface area contributed by atoms with Crippen molar-refractivity contribution in [2.24, 2.45) is 0 Å². The molecule has 6 nitrogen and oxygen atoms in total. The third-order valence-corrected chi connectivity index (χ3v) is 8.45. The lowest BCUT2D eigenvalue weighted by atomic mass is 10.0. The number of hydrogen-bond donors (Lipinski definition) is 1. The second-order valence-electron chi connectivity index (χ2n) is 10.3. The highest BCUT2D eigenvalue weighted by molar-refractivity contribution is 7.14. The van der Waals surface area contributed by atoms with Gasteiger partial charge in [0.05, 0.1) is 17.5 Å². The van der Waals surface area contributed by atoms with E-state index in [4.69, 9.17) is 4.74 Å². The standard InChI is InChI=1S/C34H39N3O3S/c1-4-6-7-8-9-18-40-30-16-14-26(15-17-30)28-21-35-33(36-22-28)27-12-10-25(11-13-27)20-29(23-38)37-34(39)32-19-24(3)31(5-2)41-32/h10-17,19,21-23,29H,4-9,18,20H2,1-3H3,(H,37,39). The largest absolute Gasteiger partial charge is 0.494 e. The Morgan fingerprint density at radius 3 is 2.24 bits per heavy atom. The summed E-state index contributed by atoms with van der Waals surface area (Å²) >= 11 is 1.48. The van der Waals surface area contributed by atoms with E-state index in [0.29, 0.717) is 17.1 Å². The highest BCUT2D eigenvalue weighted by Crippen LogP contribution is 2.24. The molecule has 4 rings (SSSR count). The molecule has 2 aromatic heterocycles. The van der Waals surface area contributed by atoms with Crippen LogP contribution < -0.4 is 10.1 Å². The van der Waals surface area contributed by atoms with Crippen molar-refractivity contribution < 1.29 is 14.3 Å². The Hall–Kier alpha value is -3.84. The minimum absolute atomic E-state index is 0.208. The van der Waals surface area contributed by atoms with E-state index in [1.165, 1.54) is 41.9 Å². The van der Waals surface area contributed by atoms with Gasteiger partial charge in [-0.2, -0.15) is 0 Å². The molecule has 1 N–H and O–H groups in total. The topological polar surface area (TPSA) is 81.2 Å². The molecule has 4 aromatic rings.